The molecule has 0 bridgehead atoms. The molecule has 0 saturated heterocycles. The van der Waals surface area contributed by atoms with Crippen molar-refractivity contribution in [2.75, 3.05) is 5.75 Å². The van der Waals surface area contributed by atoms with Crippen LogP contribution in [0.5, 0.6) is 0 Å². The summed E-state index contributed by atoms with van der Waals surface area (Å²) in [5.74, 6) is -1.80. The second-order valence-electron chi connectivity index (χ2n) is 3.37. The lowest BCUT2D eigenvalue weighted by Crippen LogP contribution is -2.12. The molecule has 0 fully saturated rings. The molecule has 1 aromatic rings. The maximum Gasteiger partial charge on any atom is 0.336 e. The highest BCUT2D eigenvalue weighted by atomic mass is 32.1. The Balaban J connectivity index is 3.49. The van der Waals surface area contributed by atoms with Gasteiger partial charge in [-0.05, 0) is 36.3 Å². The van der Waals surface area contributed by atoms with E-state index in [0.29, 0.717) is 23.3 Å². The fraction of sp³-hybridized carbons (Fsp3) is 0.273. The molecule has 0 saturated carbocycles. The lowest BCUT2D eigenvalue weighted by molar-refractivity contribution is 0.0695. The van der Waals surface area contributed by atoms with Crippen molar-refractivity contribution in [3.05, 3.63) is 34.4 Å². The van der Waals surface area contributed by atoms with E-state index in [1.165, 1.54) is 12.1 Å². The standard InChI is InChI=1S/C11H12O4S/c1-6-2-3-8(10(12)13)7(4-5-16)9(6)11(14)15/h2-3,16H,4-5H2,1H3,(H,12,13)(H,14,15). The Morgan fingerprint density at radius 1 is 1.25 bits per heavy atom. The number of benzene rings is 1. The predicted molar refractivity (Wildman–Crippen MR) is 62.7 cm³/mol. The largest absolute Gasteiger partial charge is 0.478 e. The van der Waals surface area contributed by atoms with Crippen LogP contribution in [-0.2, 0) is 6.42 Å². The zero-order valence-corrected chi connectivity index (χ0v) is 9.62. The van der Waals surface area contributed by atoms with Gasteiger partial charge < -0.3 is 10.2 Å². The molecule has 0 amide bonds. The van der Waals surface area contributed by atoms with Crippen molar-refractivity contribution < 1.29 is 19.8 Å². The van der Waals surface area contributed by atoms with Gasteiger partial charge in [-0.25, -0.2) is 9.59 Å². The number of thiol groups is 1. The molecule has 1 aromatic carbocycles. The van der Waals surface area contributed by atoms with E-state index >= 15 is 0 Å². The lowest BCUT2D eigenvalue weighted by Gasteiger charge is -2.11. The van der Waals surface area contributed by atoms with Crippen molar-refractivity contribution in [3.63, 3.8) is 0 Å². The molecule has 0 aliphatic carbocycles. The first-order chi connectivity index (χ1) is 7.49. The lowest BCUT2D eigenvalue weighted by atomic mass is 9.95. The number of carbonyl (C=O) groups is 2. The number of rotatable bonds is 4. The molecule has 86 valence electrons. The summed E-state index contributed by atoms with van der Waals surface area (Å²) in [5.41, 5.74) is 1.02. The Bertz CT molecular complexity index is 440. The Morgan fingerprint density at radius 3 is 2.31 bits per heavy atom. The highest BCUT2D eigenvalue weighted by Crippen LogP contribution is 2.20. The van der Waals surface area contributed by atoms with Gasteiger partial charge in [0.1, 0.15) is 0 Å². The van der Waals surface area contributed by atoms with Crippen LogP contribution >= 0.6 is 12.6 Å². The van der Waals surface area contributed by atoms with Gasteiger partial charge in [-0.15, -0.1) is 0 Å². The van der Waals surface area contributed by atoms with Gasteiger partial charge in [0.05, 0.1) is 11.1 Å². The second-order valence-corrected chi connectivity index (χ2v) is 3.81. The van der Waals surface area contributed by atoms with E-state index in [1.54, 1.807) is 6.92 Å². The molecule has 0 aliphatic rings. The molecule has 5 heteroatoms. The third-order valence-corrected chi connectivity index (χ3v) is 2.55. The molecular weight excluding hydrogens is 228 g/mol. The number of carboxylic acids is 2. The van der Waals surface area contributed by atoms with Gasteiger partial charge in [0.2, 0.25) is 0 Å². The summed E-state index contributed by atoms with van der Waals surface area (Å²) in [6.07, 6.45) is 0.327. The van der Waals surface area contributed by atoms with Crippen LogP contribution in [-0.4, -0.2) is 27.9 Å². The van der Waals surface area contributed by atoms with E-state index in [9.17, 15) is 9.59 Å². The van der Waals surface area contributed by atoms with Crippen LogP contribution in [0.25, 0.3) is 0 Å². The van der Waals surface area contributed by atoms with Crippen molar-refractivity contribution >= 4 is 24.6 Å². The molecule has 0 heterocycles. The molecule has 4 nitrogen and oxygen atoms in total. The summed E-state index contributed by atoms with van der Waals surface area (Å²) in [4.78, 5) is 22.0. The minimum Gasteiger partial charge on any atom is -0.478 e. The molecule has 16 heavy (non-hydrogen) atoms. The normalized spacial score (nSPS) is 10.1. The first kappa shape index (κ1) is 12.6. The van der Waals surface area contributed by atoms with E-state index in [0.717, 1.165) is 0 Å². The molecule has 0 unspecified atom stereocenters. The van der Waals surface area contributed by atoms with Gasteiger partial charge in [-0.1, -0.05) is 6.07 Å². The van der Waals surface area contributed by atoms with Crippen LogP contribution in [0.1, 0.15) is 31.8 Å². The molecule has 0 aromatic heterocycles. The zero-order chi connectivity index (χ0) is 12.3. The van der Waals surface area contributed by atoms with Crippen molar-refractivity contribution in [1.29, 1.82) is 0 Å². The van der Waals surface area contributed by atoms with Crippen LogP contribution < -0.4 is 0 Å². The minimum atomic E-state index is -1.11. The van der Waals surface area contributed by atoms with Gasteiger partial charge in [0, 0.05) is 0 Å². The number of aryl methyl sites for hydroxylation is 1. The van der Waals surface area contributed by atoms with E-state index in [-0.39, 0.29) is 11.1 Å². The van der Waals surface area contributed by atoms with Gasteiger partial charge in [-0.2, -0.15) is 12.6 Å². The first-order valence-electron chi connectivity index (χ1n) is 4.69. The maximum atomic E-state index is 11.1. The van der Waals surface area contributed by atoms with E-state index in [4.69, 9.17) is 10.2 Å². The highest BCUT2D eigenvalue weighted by Gasteiger charge is 2.19. The van der Waals surface area contributed by atoms with E-state index < -0.39 is 11.9 Å². The van der Waals surface area contributed by atoms with Crippen molar-refractivity contribution in [1.82, 2.24) is 0 Å². The van der Waals surface area contributed by atoms with Crippen LogP contribution in [0.3, 0.4) is 0 Å². The van der Waals surface area contributed by atoms with E-state index in [2.05, 4.69) is 12.6 Å². The summed E-state index contributed by atoms with van der Waals surface area (Å²) in [5, 5.41) is 18.0. The Labute approximate surface area is 98.3 Å². The zero-order valence-electron chi connectivity index (χ0n) is 8.73. The summed E-state index contributed by atoms with van der Waals surface area (Å²) in [7, 11) is 0. The Morgan fingerprint density at radius 2 is 1.88 bits per heavy atom. The molecule has 2 N–H and O–H groups in total. The average Bonchev–Trinajstić information content (AvgIpc) is 2.17. The molecule has 0 spiro atoms. The Kier molecular flexibility index (Phi) is 3.95. The van der Waals surface area contributed by atoms with Gasteiger partial charge in [0.15, 0.2) is 0 Å². The molecular formula is C11H12O4S. The van der Waals surface area contributed by atoms with Gasteiger partial charge in [0.25, 0.3) is 0 Å². The smallest absolute Gasteiger partial charge is 0.336 e. The summed E-state index contributed by atoms with van der Waals surface area (Å²) in [6.45, 7) is 1.65. The summed E-state index contributed by atoms with van der Waals surface area (Å²) < 4.78 is 0. The van der Waals surface area contributed by atoms with Crippen LogP contribution in [0, 0.1) is 6.92 Å². The topological polar surface area (TPSA) is 74.6 Å². The van der Waals surface area contributed by atoms with Crippen molar-refractivity contribution in [2.24, 2.45) is 0 Å². The predicted octanol–water partition coefficient (Wildman–Crippen LogP) is 1.86. The van der Waals surface area contributed by atoms with Crippen LogP contribution in [0.2, 0.25) is 0 Å². The van der Waals surface area contributed by atoms with Crippen molar-refractivity contribution in [3.8, 4) is 0 Å². The monoisotopic (exact) mass is 240 g/mol. The first-order valence-corrected chi connectivity index (χ1v) is 5.32. The third kappa shape index (κ3) is 2.36. The average molecular weight is 240 g/mol. The van der Waals surface area contributed by atoms with Gasteiger partial charge >= 0.3 is 11.9 Å². The van der Waals surface area contributed by atoms with E-state index in [1.807, 2.05) is 0 Å². The quantitative estimate of drug-likeness (QED) is 0.702. The molecule has 1 rings (SSSR count). The van der Waals surface area contributed by atoms with Gasteiger partial charge in [-0.3, -0.25) is 0 Å². The number of hydrogen-bond donors (Lipinski definition) is 3. The molecule has 0 aliphatic heterocycles. The molecule has 0 atom stereocenters. The fourth-order valence-corrected chi connectivity index (χ4v) is 1.86. The number of carboxylic acid groups (broad SMARTS) is 2. The minimum absolute atomic E-state index is 0.0389. The second kappa shape index (κ2) is 5.03. The number of aromatic carboxylic acids is 2. The highest BCUT2D eigenvalue weighted by molar-refractivity contribution is 7.80. The summed E-state index contributed by atoms with van der Waals surface area (Å²) in [6, 6.07) is 2.94. The van der Waals surface area contributed by atoms with Crippen molar-refractivity contribution in [2.45, 2.75) is 13.3 Å². The SMILES string of the molecule is Cc1ccc(C(=O)O)c(CCS)c1C(=O)O. The molecule has 0 radical (unpaired) electrons. The Hall–Kier alpha value is -1.49. The van der Waals surface area contributed by atoms with Crippen LogP contribution in [0.4, 0.5) is 0 Å². The third-order valence-electron chi connectivity index (χ3n) is 2.33. The maximum absolute atomic E-state index is 11.1. The summed E-state index contributed by atoms with van der Waals surface area (Å²) >= 11 is 4.01. The van der Waals surface area contributed by atoms with Crippen LogP contribution in [0.15, 0.2) is 12.1 Å². The fourth-order valence-electron chi connectivity index (χ4n) is 1.63. The number of hydrogen-bond acceptors (Lipinski definition) is 3.